The smallest absolute Gasteiger partial charge is 0.259 e. The van der Waals surface area contributed by atoms with E-state index in [0.717, 1.165) is 0 Å². The SMILES string of the molecule is C=C(C)C(=O)Nc1ccc(NS(=O)O)cc1. The first-order valence-corrected chi connectivity index (χ1v) is 5.54. The van der Waals surface area contributed by atoms with Crippen molar-refractivity contribution in [1.82, 2.24) is 0 Å². The van der Waals surface area contributed by atoms with Crippen LogP contribution in [0.5, 0.6) is 0 Å². The summed E-state index contributed by atoms with van der Waals surface area (Å²) in [6.45, 7) is 5.12. The summed E-state index contributed by atoms with van der Waals surface area (Å²) < 4.78 is 21.3. The van der Waals surface area contributed by atoms with Crippen LogP contribution in [0, 0.1) is 0 Å². The fourth-order valence-corrected chi connectivity index (χ4v) is 1.30. The molecule has 0 aliphatic heterocycles. The van der Waals surface area contributed by atoms with Crippen LogP contribution in [-0.4, -0.2) is 14.7 Å². The minimum absolute atomic E-state index is 0.258. The van der Waals surface area contributed by atoms with Crippen molar-refractivity contribution in [3.8, 4) is 0 Å². The Morgan fingerprint density at radius 2 is 1.81 bits per heavy atom. The maximum Gasteiger partial charge on any atom is 0.259 e. The number of carbonyl (C=O) groups is 1. The number of rotatable bonds is 4. The van der Waals surface area contributed by atoms with Gasteiger partial charge in [0.2, 0.25) is 0 Å². The topological polar surface area (TPSA) is 78.4 Å². The van der Waals surface area contributed by atoms with E-state index in [2.05, 4.69) is 16.6 Å². The first-order valence-electron chi connectivity index (χ1n) is 4.43. The monoisotopic (exact) mass is 240 g/mol. The van der Waals surface area contributed by atoms with E-state index in [4.69, 9.17) is 4.55 Å². The highest BCUT2D eigenvalue weighted by atomic mass is 32.2. The molecule has 0 fully saturated rings. The second kappa shape index (κ2) is 5.43. The third-order valence-electron chi connectivity index (χ3n) is 1.74. The standard InChI is InChI=1S/C10H12N2O3S/c1-7(2)10(13)11-8-3-5-9(6-4-8)12-16(14)15/h3-6,12H,1H2,2H3,(H,11,13)(H,14,15). The Hall–Kier alpha value is -1.66. The molecule has 86 valence electrons. The molecule has 0 aliphatic carbocycles. The quantitative estimate of drug-likeness (QED) is 0.554. The number of hydrogen-bond donors (Lipinski definition) is 3. The van der Waals surface area contributed by atoms with Crippen LogP contribution in [0.1, 0.15) is 6.92 Å². The van der Waals surface area contributed by atoms with Gasteiger partial charge in [-0.3, -0.25) is 14.1 Å². The van der Waals surface area contributed by atoms with Gasteiger partial charge in [-0.25, -0.2) is 4.21 Å². The van der Waals surface area contributed by atoms with Crippen molar-refractivity contribution in [1.29, 1.82) is 0 Å². The summed E-state index contributed by atoms with van der Waals surface area (Å²) in [5, 5.41) is 2.62. The van der Waals surface area contributed by atoms with Crippen LogP contribution in [0.15, 0.2) is 36.4 Å². The van der Waals surface area contributed by atoms with Gasteiger partial charge < -0.3 is 5.32 Å². The van der Waals surface area contributed by atoms with Gasteiger partial charge in [0.1, 0.15) is 0 Å². The molecule has 0 radical (unpaired) electrons. The maximum atomic E-state index is 11.3. The van der Waals surface area contributed by atoms with Crippen LogP contribution in [-0.2, 0) is 16.1 Å². The summed E-state index contributed by atoms with van der Waals surface area (Å²) in [5.74, 6) is -0.258. The molecule has 1 aromatic rings. The number of carbonyl (C=O) groups excluding carboxylic acids is 1. The van der Waals surface area contributed by atoms with E-state index >= 15 is 0 Å². The van der Waals surface area contributed by atoms with Gasteiger partial charge in [-0.1, -0.05) is 6.58 Å². The fourth-order valence-electron chi connectivity index (χ4n) is 0.960. The highest BCUT2D eigenvalue weighted by Gasteiger charge is 2.02. The molecule has 16 heavy (non-hydrogen) atoms. The predicted octanol–water partition coefficient (Wildman–Crippen LogP) is 1.75. The Morgan fingerprint density at radius 3 is 2.25 bits per heavy atom. The third kappa shape index (κ3) is 3.84. The molecular formula is C10H12N2O3S. The molecule has 0 spiro atoms. The average Bonchev–Trinajstić information content (AvgIpc) is 2.20. The summed E-state index contributed by atoms with van der Waals surface area (Å²) in [4.78, 5) is 11.3. The average molecular weight is 240 g/mol. The lowest BCUT2D eigenvalue weighted by molar-refractivity contribution is -0.112. The molecule has 0 saturated heterocycles. The number of anilines is 2. The minimum atomic E-state index is -2.09. The lowest BCUT2D eigenvalue weighted by Crippen LogP contribution is -2.11. The molecule has 1 unspecified atom stereocenters. The molecule has 3 N–H and O–H groups in total. The van der Waals surface area contributed by atoms with Gasteiger partial charge in [0, 0.05) is 16.9 Å². The molecule has 0 bridgehead atoms. The molecule has 0 heterocycles. The van der Waals surface area contributed by atoms with Gasteiger partial charge in [0.05, 0.1) is 0 Å². The number of benzene rings is 1. The Bertz CT molecular complexity index is 428. The van der Waals surface area contributed by atoms with Crippen molar-refractivity contribution in [3.05, 3.63) is 36.4 Å². The zero-order valence-electron chi connectivity index (χ0n) is 8.69. The lowest BCUT2D eigenvalue weighted by Gasteiger charge is -2.06. The lowest BCUT2D eigenvalue weighted by atomic mass is 10.2. The van der Waals surface area contributed by atoms with Gasteiger partial charge in [-0.15, -0.1) is 0 Å². The zero-order chi connectivity index (χ0) is 12.1. The first-order chi connectivity index (χ1) is 7.49. The van der Waals surface area contributed by atoms with Gasteiger partial charge in [0.25, 0.3) is 17.2 Å². The minimum Gasteiger partial charge on any atom is -0.322 e. The third-order valence-corrected chi connectivity index (χ3v) is 2.15. The van der Waals surface area contributed by atoms with Crippen molar-refractivity contribution < 1.29 is 13.6 Å². The molecule has 1 amide bonds. The van der Waals surface area contributed by atoms with Crippen LogP contribution < -0.4 is 10.0 Å². The van der Waals surface area contributed by atoms with Crippen molar-refractivity contribution in [3.63, 3.8) is 0 Å². The molecule has 1 atom stereocenters. The first kappa shape index (κ1) is 12.4. The van der Waals surface area contributed by atoms with E-state index in [9.17, 15) is 9.00 Å². The van der Waals surface area contributed by atoms with Crippen molar-refractivity contribution in [2.24, 2.45) is 0 Å². The molecule has 1 rings (SSSR count). The Morgan fingerprint density at radius 1 is 1.31 bits per heavy atom. The van der Waals surface area contributed by atoms with Crippen molar-refractivity contribution in [2.75, 3.05) is 10.0 Å². The molecule has 5 nitrogen and oxygen atoms in total. The van der Waals surface area contributed by atoms with Crippen LogP contribution in [0.25, 0.3) is 0 Å². The highest BCUT2D eigenvalue weighted by molar-refractivity contribution is 7.80. The van der Waals surface area contributed by atoms with Gasteiger partial charge in [-0.05, 0) is 31.2 Å². The summed E-state index contributed by atoms with van der Waals surface area (Å²) >= 11 is -2.09. The predicted molar refractivity (Wildman–Crippen MR) is 64.3 cm³/mol. The summed E-state index contributed by atoms with van der Waals surface area (Å²) in [6.07, 6.45) is 0. The van der Waals surface area contributed by atoms with Crippen LogP contribution >= 0.6 is 0 Å². The molecule has 0 saturated carbocycles. The fraction of sp³-hybridized carbons (Fsp3) is 0.100. The second-order valence-corrected chi connectivity index (χ2v) is 3.87. The number of amides is 1. The van der Waals surface area contributed by atoms with Crippen LogP contribution in [0.2, 0.25) is 0 Å². The number of nitrogens with one attached hydrogen (secondary N) is 2. The van der Waals surface area contributed by atoms with Gasteiger partial charge in [-0.2, -0.15) is 0 Å². The summed E-state index contributed by atoms with van der Waals surface area (Å²) in [5.41, 5.74) is 1.51. The van der Waals surface area contributed by atoms with Crippen molar-refractivity contribution in [2.45, 2.75) is 6.92 Å². The highest BCUT2D eigenvalue weighted by Crippen LogP contribution is 2.14. The van der Waals surface area contributed by atoms with Gasteiger partial charge in [0.15, 0.2) is 0 Å². The molecule has 1 aromatic carbocycles. The molecule has 6 heteroatoms. The van der Waals surface area contributed by atoms with Crippen molar-refractivity contribution >= 4 is 28.5 Å². The maximum absolute atomic E-state index is 11.3. The number of hydrogen-bond acceptors (Lipinski definition) is 2. The Balaban J connectivity index is 2.68. The normalized spacial score (nSPS) is 11.6. The van der Waals surface area contributed by atoms with Crippen LogP contribution in [0.3, 0.4) is 0 Å². The van der Waals surface area contributed by atoms with E-state index in [1.54, 1.807) is 31.2 Å². The molecule has 0 aromatic heterocycles. The summed E-state index contributed by atoms with van der Waals surface area (Å²) in [7, 11) is 0. The van der Waals surface area contributed by atoms with E-state index in [1.807, 2.05) is 0 Å². The second-order valence-electron chi connectivity index (χ2n) is 3.16. The summed E-state index contributed by atoms with van der Waals surface area (Å²) in [6, 6.07) is 6.41. The van der Waals surface area contributed by atoms with E-state index < -0.39 is 11.3 Å². The Kier molecular flexibility index (Phi) is 4.21. The molecular weight excluding hydrogens is 228 g/mol. The molecule has 0 aliphatic rings. The zero-order valence-corrected chi connectivity index (χ0v) is 9.50. The van der Waals surface area contributed by atoms with E-state index in [-0.39, 0.29) is 5.91 Å². The van der Waals surface area contributed by atoms with Crippen LogP contribution in [0.4, 0.5) is 11.4 Å². The largest absolute Gasteiger partial charge is 0.322 e. The van der Waals surface area contributed by atoms with Gasteiger partial charge >= 0.3 is 0 Å². The van der Waals surface area contributed by atoms with E-state index in [0.29, 0.717) is 16.9 Å². The Labute approximate surface area is 96.0 Å². The van der Waals surface area contributed by atoms with E-state index in [1.165, 1.54) is 0 Å².